The maximum Gasteiger partial charge on any atom is 0.258 e. The lowest BCUT2D eigenvalue weighted by molar-refractivity contribution is 0.102. The number of thiophene rings is 1. The van der Waals surface area contributed by atoms with Gasteiger partial charge in [0.15, 0.2) is 0 Å². The molecular weight excluding hydrogens is 334 g/mol. The van der Waals surface area contributed by atoms with Gasteiger partial charge in [0.05, 0.1) is 23.0 Å². The van der Waals surface area contributed by atoms with E-state index in [0.717, 1.165) is 11.1 Å². The lowest BCUT2D eigenvalue weighted by atomic mass is 10.0. The Balaban J connectivity index is 1.72. The van der Waals surface area contributed by atoms with Gasteiger partial charge in [-0.2, -0.15) is 11.3 Å². The van der Waals surface area contributed by atoms with Crippen molar-refractivity contribution in [3.8, 4) is 11.1 Å². The average molecular weight is 347 g/mol. The van der Waals surface area contributed by atoms with Crippen LogP contribution in [0.5, 0.6) is 0 Å². The monoisotopic (exact) mass is 347 g/mol. The van der Waals surface area contributed by atoms with Gasteiger partial charge in [0.25, 0.3) is 11.5 Å². The summed E-state index contributed by atoms with van der Waals surface area (Å²) in [4.78, 5) is 31.4. The number of carbonyl (C=O) groups is 1. The predicted molar refractivity (Wildman–Crippen MR) is 100 cm³/mol. The van der Waals surface area contributed by atoms with E-state index < -0.39 is 0 Å². The molecule has 0 unspecified atom stereocenters. The number of fused-ring (bicyclic) bond motifs is 1. The van der Waals surface area contributed by atoms with Crippen LogP contribution in [0.25, 0.3) is 22.0 Å². The average Bonchev–Trinajstić information content (AvgIpc) is 3.13. The number of anilines is 1. The third-order valence-electron chi connectivity index (χ3n) is 3.91. The molecule has 0 fully saturated rings. The summed E-state index contributed by atoms with van der Waals surface area (Å²) in [6.07, 6.45) is 1.33. The standard InChI is InChI=1S/C19H13N3O2S/c23-18-13-7-4-8-16(17(13)20-11-21-18)22-19(24)15-10-25-9-14(15)12-5-2-1-3-6-12/h1-11H,(H,22,24)(H,20,21,23). The number of amides is 1. The quantitative estimate of drug-likeness (QED) is 0.590. The van der Waals surface area contributed by atoms with Gasteiger partial charge in [0, 0.05) is 10.9 Å². The molecule has 0 aliphatic heterocycles. The molecule has 0 saturated carbocycles. The number of hydrogen-bond donors (Lipinski definition) is 2. The summed E-state index contributed by atoms with van der Waals surface area (Å²) in [7, 11) is 0. The smallest absolute Gasteiger partial charge is 0.258 e. The van der Waals surface area contributed by atoms with Gasteiger partial charge in [-0.1, -0.05) is 36.4 Å². The number of benzene rings is 2. The van der Waals surface area contributed by atoms with Crippen molar-refractivity contribution in [2.45, 2.75) is 0 Å². The molecule has 6 heteroatoms. The molecule has 0 spiro atoms. The second kappa shape index (κ2) is 6.33. The number of rotatable bonds is 3. The highest BCUT2D eigenvalue weighted by molar-refractivity contribution is 7.08. The van der Waals surface area contributed by atoms with Gasteiger partial charge in [-0.15, -0.1) is 0 Å². The summed E-state index contributed by atoms with van der Waals surface area (Å²) in [5.41, 5.74) is 3.21. The van der Waals surface area contributed by atoms with Crippen molar-refractivity contribution in [2.24, 2.45) is 0 Å². The fourth-order valence-electron chi connectivity index (χ4n) is 2.70. The molecule has 2 N–H and O–H groups in total. The summed E-state index contributed by atoms with van der Waals surface area (Å²) in [5, 5.41) is 7.09. The molecule has 0 saturated heterocycles. The molecule has 25 heavy (non-hydrogen) atoms. The van der Waals surface area contributed by atoms with Gasteiger partial charge in [-0.05, 0) is 23.1 Å². The van der Waals surface area contributed by atoms with Gasteiger partial charge in [-0.3, -0.25) is 9.59 Å². The first-order valence-corrected chi connectivity index (χ1v) is 8.57. The van der Waals surface area contributed by atoms with Crippen molar-refractivity contribution in [1.82, 2.24) is 9.97 Å². The molecule has 0 aliphatic rings. The summed E-state index contributed by atoms with van der Waals surface area (Å²) in [5.74, 6) is -0.227. The number of nitrogens with zero attached hydrogens (tertiary/aromatic N) is 1. The fraction of sp³-hybridized carbons (Fsp3) is 0. The first kappa shape index (κ1) is 15.3. The molecular formula is C19H13N3O2S. The van der Waals surface area contributed by atoms with E-state index in [2.05, 4.69) is 15.3 Å². The zero-order valence-corrected chi connectivity index (χ0v) is 13.8. The Morgan fingerprint density at radius 2 is 1.88 bits per heavy atom. The number of carbonyl (C=O) groups excluding carboxylic acids is 1. The van der Waals surface area contributed by atoms with E-state index >= 15 is 0 Å². The maximum absolute atomic E-state index is 12.8. The van der Waals surface area contributed by atoms with E-state index in [0.29, 0.717) is 22.2 Å². The van der Waals surface area contributed by atoms with Gasteiger partial charge >= 0.3 is 0 Å². The molecule has 5 nitrogen and oxygen atoms in total. The van der Waals surface area contributed by atoms with Crippen LogP contribution in [0.1, 0.15) is 10.4 Å². The van der Waals surface area contributed by atoms with Crippen LogP contribution in [0.4, 0.5) is 5.69 Å². The minimum Gasteiger partial charge on any atom is -0.320 e. The molecule has 4 aromatic rings. The van der Waals surface area contributed by atoms with Crippen LogP contribution in [-0.2, 0) is 0 Å². The highest BCUT2D eigenvalue weighted by atomic mass is 32.1. The molecule has 0 aliphatic carbocycles. The van der Waals surface area contributed by atoms with Crippen LogP contribution in [0.3, 0.4) is 0 Å². The van der Waals surface area contributed by atoms with E-state index in [1.807, 2.05) is 41.1 Å². The van der Waals surface area contributed by atoms with Crippen molar-refractivity contribution in [1.29, 1.82) is 0 Å². The molecule has 122 valence electrons. The number of H-pyrrole nitrogens is 1. The topological polar surface area (TPSA) is 74.8 Å². The lowest BCUT2D eigenvalue weighted by Crippen LogP contribution is -2.14. The van der Waals surface area contributed by atoms with E-state index in [9.17, 15) is 9.59 Å². The largest absolute Gasteiger partial charge is 0.320 e. The second-order valence-corrected chi connectivity index (χ2v) is 6.20. The second-order valence-electron chi connectivity index (χ2n) is 5.45. The van der Waals surface area contributed by atoms with Crippen molar-refractivity contribution >= 4 is 33.8 Å². The Hall–Kier alpha value is -3.25. The Bertz CT molecular complexity index is 1120. The summed E-state index contributed by atoms with van der Waals surface area (Å²) < 4.78 is 0. The van der Waals surface area contributed by atoms with Crippen LogP contribution in [0.2, 0.25) is 0 Å². The number of aromatic amines is 1. The zero-order chi connectivity index (χ0) is 17.2. The normalized spacial score (nSPS) is 10.7. The molecule has 0 bridgehead atoms. The third-order valence-corrected chi connectivity index (χ3v) is 4.65. The number of para-hydroxylation sites is 1. The Morgan fingerprint density at radius 1 is 1.04 bits per heavy atom. The summed E-state index contributed by atoms with van der Waals surface area (Å²) in [6.45, 7) is 0. The predicted octanol–water partition coefficient (Wildman–Crippen LogP) is 3.90. The molecule has 0 radical (unpaired) electrons. The van der Waals surface area contributed by atoms with Crippen molar-refractivity contribution in [2.75, 3.05) is 5.32 Å². The minimum absolute atomic E-state index is 0.227. The molecule has 0 atom stereocenters. The van der Waals surface area contributed by atoms with Crippen LogP contribution >= 0.6 is 11.3 Å². The van der Waals surface area contributed by atoms with Crippen molar-refractivity contribution in [3.05, 3.63) is 81.5 Å². The van der Waals surface area contributed by atoms with E-state index in [-0.39, 0.29) is 11.5 Å². The molecule has 2 aromatic carbocycles. The highest BCUT2D eigenvalue weighted by Gasteiger charge is 2.15. The number of hydrogen-bond acceptors (Lipinski definition) is 4. The maximum atomic E-state index is 12.8. The highest BCUT2D eigenvalue weighted by Crippen LogP contribution is 2.28. The summed E-state index contributed by atoms with van der Waals surface area (Å²) >= 11 is 1.47. The zero-order valence-electron chi connectivity index (χ0n) is 13.0. The van der Waals surface area contributed by atoms with Crippen LogP contribution < -0.4 is 10.9 Å². The van der Waals surface area contributed by atoms with Gasteiger partial charge in [0.2, 0.25) is 0 Å². The van der Waals surface area contributed by atoms with Crippen LogP contribution in [-0.4, -0.2) is 15.9 Å². The molecule has 4 rings (SSSR count). The van der Waals surface area contributed by atoms with Crippen molar-refractivity contribution < 1.29 is 4.79 Å². The Labute approximate surface area is 147 Å². The number of nitrogens with one attached hydrogen (secondary N) is 2. The summed E-state index contributed by atoms with van der Waals surface area (Å²) in [6, 6.07) is 14.9. The van der Waals surface area contributed by atoms with Crippen LogP contribution in [0, 0.1) is 0 Å². The SMILES string of the molecule is O=C(Nc1cccc2c(=O)[nH]cnc12)c1cscc1-c1ccccc1. The first-order valence-electron chi connectivity index (χ1n) is 7.63. The van der Waals surface area contributed by atoms with Gasteiger partial charge < -0.3 is 10.3 Å². The Morgan fingerprint density at radius 3 is 2.72 bits per heavy atom. The van der Waals surface area contributed by atoms with E-state index in [1.165, 1.54) is 17.7 Å². The third kappa shape index (κ3) is 2.83. The van der Waals surface area contributed by atoms with Crippen molar-refractivity contribution in [3.63, 3.8) is 0 Å². The molecule has 2 aromatic heterocycles. The Kier molecular flexibility index (Phi) is 3.87. The molecule has 1 amide bonds. The van der Waals surface area contributed by atoms with Gasteiger partial charge in [-0.25, -0.2) is 4.98 Å². The number of aromatic nitrogens is 2. The first-order chi connectivity index (χ1) is 12.2. The fourth-order valence-corrected chi connectivity index (χ4v) is 3.54. The van der Waals surface area contributed by atoms with E-state index in [4.69, 9.17) is 0 Å². The van der Waals surface area contributed by atoms with Crippen LogP contribution in [0.15, 0.2) is 70.4 Å². The lowest BCUT2D eigenvalue weighted by Gasteiger charge is -2.08. The van der Waals surface area contributed by atoms with Gasteiger partial charge in [0.1, 0.15) is 5.52 Å². The minimum atomic E-state index is -0.235. The van der Waals surface area contributed by atoms with E-state index in [1.54, 1.807) is 18.2 Å². The molecule has 2 heterocycles.